The first kappa shape index (κ1) is 18.8. The molecule has 2 rings (SSSR count). The van der Waals surface area contributed by atoms with Gasteiger partial charge >= 0.3 is 0 Å². The first-order valence-corrected chi connectivity index (χ1v) is 9.60. The minimum atomic E-state index is -3.39. The van der Waals surface area contributed by atoms with Crippen molar-refractivity contribution in [3.8, 4) is 11.5 Å². The van der Waals surface area contributed by atoms with Gasteiger partial charge in [-0.2, -0.15) is 0 Å². The van der Waals surface area contributed by atoms with Crippen LogP contribution in [-0.4, -0.2) is 69.0 Å². The predicted octanol–water partition coefficient (Wildman–Crippen LogP) is 0.917. The molecule has 0 aromatic heterocycles. The van der Waals surface area contributed by atoms with Crippen LogP contribution in [0, 0.1) is 0 Å². The van der Waals surface area contributed by atoms with Crippen molar-refractivity contribution in [1.29, 1.82) is 0 Å². The Morgan fingerprint density at radius 3 is 2.50 bits per heavy atom. The van der Waals surface area contributed by atoms with Gasteiger partial charge in [0, 0.05) is 27.2 Å². The lowest BCUT2D eigenvalue weighted by Crippen LogP contribution is -2.38. The van der Waals surface area contributed by atoms with Crippen molar-refractivity contribution in [1.82, 2.24) is 9.21 Å². The molecule has 0 fully saturated rings. The smallest absolute Gasteiger partial charge is 0.237 e. The fourth-order valence-electron chi connectivity index (χ4n) is 2.19. The first-order valence-electron chi connectivity index (χ1n) is 7.46. The van der Waals surface area contributed by atoms with Crippen LogP contribution in [0.2, 0.25) is 0 Å². The number of nitrogens with zero attached hydrogens (tertiary/aromatic N) is 2. The summed E-state index contributed by atoms with van der Waals surface area (Å²) in [6.45, 7) is 1.30. The van der Waals surface area contributed by atoms with Crippen LogP contribution in [0.3, 0.4) is 0 Å². The fourth-order valence-corrected chi connectivity index (χ4v) is 3.18. The summed E-state index contributed by atoms with van der Waals surface area (Å²) in [5, 5.41) is 0. The molecule has 0 radical (unpaired) electrons. The predicted molar refractivity (Wildman–Crippen MR) is 91.0 cm³/mol. The van der Waals surface area contributed by atoms with Gasteiger partial charge in [0.2, 0.25) is 15.9 Å². The fraction of sp³-hybridized carbons (Fsp3) is 0.533. The number of rotatable bonds is 7. The van der Waals surface area contributed by atoms with E-state index in [2.05, 4.69) is 0 Å². The van der Waals surface area contributed by atoms with E-state index in [1.54, 1.807) is 12.1 Å². The Bertz CT molecular complexity index is 693. The number of fused-ring (bicyclic) bond motifs is 1. The topological polar surface area (TPSA) is 76.2 Å². The van der Waals surface area contributed by atoms with Crippen molar-refractivity contribution < 1.29 is 22.7 Å². The maximum Gasteiger partial charge on any atom is 0.237 e. The van der Waals surface area contributed by atoms with Gasteiger partial charge in [0.25, 0.3) is 0 Å². The minimum absolute atomic E-state index is 0.0699. The molecule has 0 atom stereocenters. The van der Waals surface area contributed by atoms with Gasteiger partial charge in [-0.25, -0.2) is 12.7 Å². The summed E-state index contributed by atoms with van der Waals surface area (Å²) in [5.41, 5.74) is 0.819. The number of alkyl halides is 1. The highest BCUT2D eigenvalue weighted by Gasteiger charge is 2.20. The molecule has 0 spiro atoms. The SMILES string of the molecule is CN(C)S(=O)(=O)CCN(Cc1ccc2c(c1)OCCO2)C(=O)CCl. The molecule has 0 bridgehead atoms. The van der Waals surface area contributed by atoms with Crippen LogP contribution in [-0.2, 0) is 21.4 Å². The van der Waals surface area contributed by atoms with Crippen LogP contribution in [0.25, 0.3) is 0 Å². The number of amides is 1. The highest BCUT2D eigenvalue weighted by molar-refractivity contribution is 7.89. The van der Waals surface area contributed by atoms with Gasteiger partial charge in [0.05, 0.1) is 5.75 Å². The molecule has 1 aliphatic heterocycles. The number of hydrogen-bond donors (Lipinski definition) is 0. The van der Waals surface area contributed by atoms with Gasteiger partial charge in [-0.1, -0.05) is 6.07 Å². The molecule has 1 amide bonds. The summed E-state index contributed by atoms with van der Waals surface area (Å²) in [7, 11) is -0.466. The second kappa shape index (κ2) is 8.04. The van der Waals surface area contributed by atoms with Gasteiger partial charge < -0.3 is 14.4 Å². The third kappa shape index (κ3) is 4.75. The van der Waals surface area contributed by atoms with Crippen molar-refractivity contribution in [2.75, 3.05) is 45.5 Å². The lowest BCUT2D eigenvalue weighted by Gasteiger charge is -2.24. The molecule has 1 aromatic rings. The minimum Gasteiger partial charge on any atom is -0.486 e. The Morgan fingerprint density at radius 2 is 1.88 bits per heavy atom. The van der Waals surface area contributed by atoms with E-state index in [0.717, 1.165) is 9.87 Å². The van der Waals surface area contributed by atoms with Crippen molar-refractivity contribution in [3.05, 3.63) is 23.8 Å². The van der Waals surface area contributed by atoms with E-state index < -0.39 is 10.0 Å². The second-order valence-corrected chi connectivity index (χ2v) is 8.09. The van der Waals surface area contributed by atoms with E-state index in [1.165, 1.54) is 19.0 Å². The van der Waals surface area contributed by atoms with E-state index in [0.29, 0.717) is 24.7 Å². The Hall–Kier alpha value is -1.51. The zero-order chi connectivity index (χ0) is 17.7. The molecule has 7 nitrogen and oxygen atoms in total. The van der Waals surface area contributed by atoms with E-state index >= 15 is 0 Å². The summed E-state index contributed by atoms with van der Waals surface area (Å²) in [6, 6.07) is 5.40. The number of benzene rings is 1. The first-order chi connectivity index (χ1) is 11.3. The van der Waals surface area contributed by atoms with Gasteiger partial charge in [0.1, 0.15) is 19.1 Å². The summed E-state index contributed by atoms with van der Waals surface area (Å²) in [4.78, 5) is 13.5. The van der Waals surface area contributed by atoms with Crippen LogP contribution >= 0.6 is 11.6 Å². The lowest BCUT2D eigenvalue weighted by molar-refractivity contribution is -0.128. The summed E-state index contributed by atoms with van der Waals surface area (Å²) in [6.07, 6.45) is 0. The van der Waals surface area contributed by atoms with Crippen molar-refractivity contribution in [3.63, 3.8) is 0 Å². The molecule has 1 aliphatic rings. The monoisotopic (exact) mass is 376 g/mol. The number of ether oxygens (including phenoxy) is 2. The summed E-state index contributed by atoms with van der Waals surface area (Å²) in [5.74, 6) is 0.605. The molecule has 1 aromatic carbocycles. The zero-order valence-corrected chi connectivity index (χ0v) is 15.3. The molecule has 134 valence electrons. The summed E-state index contributed by atoms with van der Waals surface area (Å²) < 4.78 is 35.9. The van der Waals surface area contributed by atoms with Crippen LogP contribution in [0.1, 0.15) is 5.56 Å². The molecule has 0 saturated carbocycles. The highest BCUT2D eigenvalue weighted by Crippen LogP contribution is 2.31. The number of carbonyl (C=O) groups excluding carboxylic acids is 1. The van der Waals surface area contributed by atoms with E-state index in [1.807, 2.05) is 6.07 Å². The molecule has 1 heterocycles. The standard InChI is InChI=1S/C15H21ClN2O5S/c1-17(2)24(20,21)8-5-18(15(19)10-16)11-12-3-4-13-14(9-12)23-7-6-22-13/h3-4,9H,5-8,10-11H2,1-2H3. The highest BCUT2D eigenvalue weighted by atomic mass is 35.5. The molecule has 0 saturated heterocycles. The number of halogens is 1. The van der Waals surface area contributed by atoms with Gasteiger partial charge in [-0.15, -0.1) is 11.6 Å². The maximum absolute atomic E-state index is 12.0. The van der Waals surface area contributed by atoms with Crippen LogP contribution in [0.15, 0.2) is 18.2 Å². The van der Waals surface area contributed by atoms with Gasteiger partial charge in [-0.05, 0) is 17.7 Å². The average molecular weight is 377 g/mol. The normalized spacial score (nSPS) is 13.8. The Morgan fingerprint density at radius 1 is 1.21 bits per heavy atom. The molecule has 0 unspecified atom stereocenters. The largest absolute Gasteiger partial charge is 0.486 e. The number of carbonyl (C=O) groups is 1. The Balaban J connectivity index is 2.10. The van der Waals surface area contributed by atoms with E-state index in [4.69, 9.17) is 21.1 Å². The molecule has 0 aliphatic carbocycles. The molecule has 0 N–H and O–H groups in total. The molecular formula is C15H21ClN2O5S. The third-order valence-corrected chi connectivity index (χ3v) is 5.66. The van der Waals surface area contributed by atoms with Crippen LogP contribution in [0.5, 0.6) is 11.5 Å². The van der Waals surface area contributed by atoms with Crippen molar-refractivity contribution in [2.45, 2.75) is 6.54 Å². The number of hydrogen-bond acceptors (Lipinski definition) is 5. The van der Waals surface area contributed by atoms with Gasteiger partial charge in [-0.3, -0.25) is 4.79 Å². The van der Waals surface area contributed by atoms with Crippen LogP contribution in [0.4, 0.5) is 0 Å². The van der Waals surface area contributed by atoms with Gasteiger partial charge in [0.15, 0.2) is 11.5 Å². The Kier molecular flexibility index (Phi) is 6.31. The van der Waals surface area contributed by atoms with Crippen LogP contribution < -0.4 is 9.47 Å². The van der Waals surface area contributed by atoms with Crippen molar-refractivity contribution >= 4 is 27.5 Å². The molecular weight excluding hydrogens is 356 g/mol. The molecule has 24 heavy (non-hydrogen) atoms. The van der Waals surface area contributed by atoms with E-state index in [9.17, 15) is 13.2 Å². The van der Waals surface area contributed by atoms with Crippen molar-refractivity contribution in [2.24, 2.45) is 0 Å². The molecule has 9 heteroatoms. The third-order valence-electron chi connectivity index (χ3n) is 3.62. The average Bonchev–Trinajstić information content (AvgIpc) is 2.57. The lowest BCUT2D eigenvalue weighted by atomic mass is 10.2. The second-order valence-electron chi connectivity index (χ2n) is 5.53. The summed E-state index contributed by atoms with van der Waals surface area (Å²) >= 11 is 5.65. The quantitative estimate of drug-likeness (QED) is 0.661. The van der Waals surface area contributed by atoms with E-state index in [-0.39, 0.29) is 30.6 Å². The zero-order valence-electron chi connectivity index (χ0n) is 13.7. The Labute approximate surface area is 147 Å². The number of sulfonamides is 1. The maximum atomic E-state index is 12.0.